The van der Waals surface area contributed by atoms with Gasteiger partial charge >= 0.3 is 0 Å². The van der Waals surface area contributed by atoms with Crippen molar-refractivity contribution >= 4 is 0 Å². The van der Waals surface area contributed by atoms with Crippen LogP contribution in [0.1, 0.15) is 84.5 Å². The molecule has 3 aliphatic rings. The van der Waals surface area contributed by atoms with E-state index in [1.807, 2.05) is 0 Å². The average molecular weight is 249 g/mol. The molecule has 0 radical (unpaired) electrons. The van der Waals surface area contributed by atoms with Crippen molar-refractivity contribution in [3.8, 4) is 0 Å². The second kappa shape index (κ2) is 4.81. The summed E-state index contributed by atoms with van der Waals surface area (Å²) in [4.78, 5) is 0. The number of hydrogen-bond acceptors (Lipinski definition) is 1. The summed E-state index contributed by atoms with van der Waals surface area (Å²) in [7, 11) is 0. The number of hydrogen-bond donors (Lipinski definition) is 1. The first-order chi connectivity index (χ1) is 8.62. The van der Waals surface area contributed by atoms with E-state index >= 15 is 0 Å². The summed E-state index contributed by atoms with van der Waals surface area (Å²) in [6.45, 7) is 4.96. The molecular formula is C17H31N. The van der Waals surface area contributed by atoms with E-state index in [9.17, 15) is 0 Å². The smallest absolute Gasteiger partial charge is 0.0126 e. The van der Waals surface area contributed by atoms with Crippen LogP contribution >= 0.6 is 0 Å². The van der Waals surface area contributed by atoms with Gasteiger partial charge in [0.2, 0.25) is 0 Å². The van der Waals surface area contributed by atoms with Gasteiger partial charge < -0.3 is 5.32 Å². The van der Waals surface area contributed by atoms with Gasteiger partial charge in [0.25, 0.3) is 0 Å². The molecular weight excluding hydrogens is 218 g/mol. The first kappa shape index (κ1) is 13.0. The van der Waals surface area contributed by atoms with E-state index in [1.165, 1.54) is 70.6 Å². The lowest BCUT2D eigenvalue weighted by atomic mass is 9.56. The van der Waals surface area contributed by atoms with Crippen LogP contribution in [0.2, 0.25) is 0 Å². The van der Waals surface area contributed by atoms with Crippen molar-refractivity contribution in [1.29, 1.82) is 0 Å². The fraction of sp³-hybridized carbons (Fsp3) is 1.00. The Morgan fingerprint density at radius 1 is 0.722 bits per heavy atom. The Balaban J connectivity index is 1.62. The minimum absolute atomic E-state index is 0.531. The normalized spacial score (nSPS) is 38.3. The number of rotatable bonds is 2. The second-order valence-electron chi connectivity index (χ2n) is 7.97. The zero-order valence-corrected chi connectivity index (χ0v) is 12.4. The molecule has 3 saturated carbocycles. The Morgan fingerprint density at radius 2 is 1.44 bits per heavy atom. The zero-order valence-electron chi connectivity index (χ0n) is 12.4. The van der Waals surface area contributed by atoms with Crippen LogP contribution in [-0.2, 0) is 0 Å². The van der Waals surface area contributed by atoms with E-state index in [2.05, 4.69) is 19.2 Å². The lowest BCUT2D eigenvalue weighted by Crippen LogP contribution is -2.60. The standard InChI is InChI=1S/C17H31N/c1-16(2)10-7-4-8-14(16)18-15-9-13-17(15)11-5-3-6-12-17/h14-15,18H,3-13H2,1-2H3. The molecule has 0 amide bonds. The molecule has 18 heavy (non-hydrogen) atoms. The molecule has 0 aromatic rings. The highest BCUT2D eigenvalue weighted by molar-refractivity contribution is 5.04. The molecule has 2 atom stereocenters. The van der Waals surface area contributed by atoms with E-state index in [0.717, 1.165) is 17.5 Å². The van der Waals surface area contributed by atoms with Crippen molar-refractivity contribution < 1.29 is 0 Å². The molecule has 1 spiro atoms. The molecule has 0 aromatic heterocycles. The third-order valence-corrected chi connectivity index (χ3v) is 6.43. The summed E-state index contributed by atoms with van der Waals surface area (Å²) >= 11 is 0. The van der Waals surface area contributed by atoms with Gasteiger partial charge in [-0.15, -0.1) is 0 Å². The summed E-state index contributed by atoms with van der Waals surface area (Å²) in [5.74, 6) is 0. The highest BCUT2D eigenvalue weighted by Gasteiger charge is 2.48. The van der Waals surface area contributed by atoms with Gasteiger partial charge in [-0.1, -0.05) is 46.0 Å². The molecule has 1 heteroatoms. The molecule has 2 unspecified atom stereocenters. The molecule has 0 aromatic carbocycles. The number of nitrogens with one attached hydrogen (secondary N) is 1. The van der Waals surface area contributed by atoms with Gasteiger partial charge in [-0.3, -0.25) is 0 Å². The highest BCUT2D eigenvalue weighted by atomic mass is 15.0. The molecule has 1 nitrogen and oxygen atoms in total. The molecule has 104 valence electrons. The van der Waals surface area contributed by atoms with Crippen molar-refractivity contribution in [3.05, 3.63) is 0 Å². The first-order valence-electron chi connectivity index (χ1n) is 8.39. The Hall–Kier alpha value is -0.0400. The molecule has 0 heterocycles. The minimum atomic E-state index is 0.531. The maximum atomic E-state index is 4.11. The summed E-state index contributed by atoms with van der Waals surface area (Å²) in [5, 5.41) is 4.11. The quantitative estimate of drug-likeness (QED) is 0.750. The Kier molecular flexibility index (Phi) is 3.47. The SMILES string of the molecule is CC1(C)CCCCC1NC1CCC12CCCCC2. The fourth-order valence-electron chi connectivity index (χ4n) is 4.86. The fourth-order valence-corrected chi connectivity index (χ4v) is 4.86. The van der Waals surface area contributed by atoms with Crippen molar-refractivity contribution in [1.82, 2.24) is 5.32 Å². The van der Waals surface area contributed by atoms with Gasteiger partial charge in [-0.05, 0) is 49.4 Å². The molecule has 1 N–H and O–H groups in total. The second-order valence-corrected chi connectivity index (χ2v) is 7.97. The predicted molar refractivity (Wildman–Crippen MR) is 77.7 cm³/mol. The Labute approximate surface area is 113 Å². The zero-order chi connectivity index (χ0) is 12.6. The molecule has 0 saturated heterocycles. The maximum absolute atomic E-state index is 4.11. The lowest BCUT2D eigenvalue weighted by molar-refractivity contribution is -0.000843. The van der Waals surface area contributed by atoms with E-state index in [1.54, 1.807) is 0 Å². The van der Waals surface area contributed by atoms with Crippen molar-refractivity contribution in [2.24, 2.45) is 10.8 Å². The summed E-state index contributed by atoms with van der Waals surface area (Å²) in [5.41, 5.74) is 1.26. The van der Waals surface area contributed by atoms with Crippen molar-refractivity contribution in [3.63, 3.8) is 0 Å². The predicted octanol–water partition coefficient (Wildman–Crippen LogP) is 4.66. The largest absolute Gasteiger partial charge is 0.310 e. The van der Waals surface area contributed by atoms with Crippen LogP contribution in [0.15, 0.2) is 0 Å². The highest BCUT2D eigenvalue weighted by Crippen LogP contribution is 2.52. The van der Waals surface area contributed by atoms with E-state index in [0.29, 0.717) is 5.41 Å². The monoisotopic (exact) mass is 249 g/mol. The third kappa shape index (κ3) is 2.24. The summed E-state index contributed by atoms with van der Waals surface area (Å²) in [6, 6.07) is 1.65. The van der Waals surface area contributed by atoms with Crippen LogP contribution in [0.25, 0.3) is 0 Å². The summed E-state index contributed by atoms with van der Waals surface area (Å²) in [6.07, 6.45) is 16.2. The molecule has 0 aliphatic heterocycles. The van der Waals surface area contributed by atoms with Crippen LogP contribution in [0.3, 0.4) is 0 Å². The van der Waals surface area contributed by atoms with Crippen molar-refractivity contribution in [2.75, 3.05) is 0 Å². The molecule has 3 rings (SSSR count). The Morgan fingerprint density at radius 3 is 2.06 bits per heavy atom. The summed E-state index contributed by atoms with van der Waals surface area (Å²) < 4.78 is 0. The van der Waals surface area contributed by atoms with Crippen LogP contribution < -0.4 is 5.32 Å². The molecule has 0 bridgehead atoms. The molecule has 3 fully saturated rings. The lowest BCUT2D eigenvalue weighted by Gasteiger charge is -2.55. The van der Waals surface area contributed by atoms with Crippen LogP contribution in [0.4, 0.5) is 0 Å². The van der Waals surface area contributed by atoms with Crippen LogP contribution in [0.5, 0.6) is 0 Å². The topological polar surface area (TPSA) is 12.0 Å². The van der Waals surface area contributed by atoms with Gasteiger partial charge in [0, 0.05) is 12.1 Å². The molecule has 3 aliphatic carbocycles. The van der Waals surface area contributed by atoms with Gasteiger partial charge in [0.15, 0.2) is 0 Å². The van der Waals surface area contributed by atoms with Gasteiger partial charge in [-0.25, -0.2) is 0 Å². The third-order valence-electron chi connectivity index (χ3n) is 6.43. The van der Waals surface area contributed by atoms with E-state index < -0.39 is 0 Å². The van der Waals surface area contributed by atoms with E-state index in [4.69, 9.17) is 0 Å². The van der Waals surface area contributed by atoms with Crippen LogP contribution in [-0.4, -0.2) is 12.1 Å². The van der Waals surface area contributed by atoms with Gasteiger partial charge in [-0.2, -0.15) is 0 Å². The van der Waals surface area contributed by atoms with Crippen LogP contribution in [0, 0.1) is 10.8 Å². The average Bonchev–Trinajstić information content (AvgIpc) is 2.37. The maximum Gasteiger partial charge on any atom is 0.0126 e. The Bertz CT molecular complexity index is 288. The van der Waals surface area contributed by atoms with Gasteiger partial charge in [0.1, 0.15) is 0 Å². The minimum Gasteiger partial charge on any atom is -0.310 e. The van der Waals surface area contributed by atoms with E-state index in [-0.39, 0.29) is 0 Å². The van der Waals surface area contributed by atoms with Gasteiger partial charge in [0.05, 0.1) is 0 Å². The first-order valence-corrected chi connectivity index (χ1v) is 8.39. The van der Waals surface area contributed by atoms with Crippen molar-refractivity contribution in [2.45, 2.75) is 96.6 Å².